The molecule has 15 heavy (non-hydrogen) atoms. The highest BCUT2D eigenvalue weighted by Gasteiger charge is 2.10. The van der Waals surface area contributed by atoms with E-state index in [1.165, 1.54) is 0 Å². The second-order valence-electron chi connectivity index (χ2n) is 2.87. The van der Waals surface area contributed by atoms with Gasteiger partial charge >= 0.3 is 0 Å². The Labute approximate surface area is 103 Å². The molecule has 0 atom stereocenters. The van der Waals surface area contributed by atoms with Gasteiger partial charge in [-0.3, -0.25) is 4.79 Å². The molecule has 0 fully saturated rings. The molecule has 0 saturated heterocycles. The fourth-order valence-corrected chi connectivity index (χ4v) is 1.59. The zero-order valence-corrected chi connectivity index (χ0v) is 10.8. The number of carbonyl (C=O) groups excluding carboxylic acids is 1. The van der Waals surface area contributed by atoms with Crippen molar-refractivity contribution in [3.63, 3.8) is 0 Å². The molecule has 0 unspecified atom stereocenters. The maximum Gasteiger partial charge on any atom is 0.267 e. The van der Waals surface area contributed by atoms with Crippen LogP contribution in [0.15, 0.2) is 15.1 Å². The Morgan fingerprint density at radius 2 is 2.20 bits per heavy atom. The van der Waals surface area contributed by atoms with Crippen molar-refractivity contribution in [2.24, 2.45) is 0 Å². The summed E-state index contributed by atoms with van der Waals surface area (Å²) in [7, 11) is 0. The lowest BCUT2D eigenvalue weighted by atomic mass is 10.3. The van der Waals surface area contributed by atoms with E-state index in [1.807, 2.05) is 0 Å². The predicted octanol–water partition coefficient (Wildman–Crippen LogP) is 0.970. The third-order valence-electron chi connectivity index (χ3n) is 1.66. The lowest BCUT2D eigenvalue weighted by molar-refractivity contribution is -0.0440. The molecule has 0 radical (unpaired) electrons. The highest BCUT2D eigenvalue weighted by Crippen LogP contribution is 2.22. The summed E-state index contributed by atoms with van der Waals surface area (Å²) in [6.07, 6.45) is -1.29. The van der Waals surface area contributed by atoms with Gasteiger partial charge in [-0.15, -0.1) is 0 Å². The van der Waals surface area contributed by atoms with Gasteiger partial charge < -0.3 is 20.5 Å². The van der Waals surface area contributed by atoms with Crippen molar-refractivity contribution in [3.8, 4) is 0 Å². The minimum Gasteiger partial charge on any atom is -0.368 e. The summed E-state index contributed by atoms with van der Waals surface area (Å²) in [5, 5.41) is 19.7. The van der Waals surface area contributed by atoms with Crippen LogP contribution in [0, 0.1) is 0 Å². The first-order valence-corrected chi connectivity index (χ1v) is 5.77. The third-order valence-corrected chi connectivity index (χ3v) is 3.44. The van der Waals surface area contributed by atoms with Gasteiger partial charge in [-0.25, -0.2) is 0 Å². The summed E-state index contributed by atoms with van der Waals surface area (Å²) in [4.78, 5) is 14.3. The number of nitrogens with one attached hydrogen (secondary N) is 2. The minimum atomic E-state index is -1.40. The first kappa shape index (κ1) is 12.7. The molecule has 1 rings (SSSR count). The van der Waals surface area contributed by atoms with E-state index in [0.717, 1.165) is 4.47 Å². The van der Waals surface area contributed by atoms with Crippen LogP contribution < -0.4 is 5.32 Å². The molecule has 0 saturated carbocycles. The lowest BCUT2D eigenvalue weighted by Crippen LogP contribution is -2.27. The second-order valence-corrected chi connectivity index (χ2v) is 4.52. The lowest BCUT2D eigenvalue weighted by Gasteiger charge is -2.04. The zero-order chi connectivity index (χ0) is 11.4. The number of rotatable bonds is 4. The fourth-order valence-electron chi connectivity index (χ4n) is 0.936. The van der Waals surface area contributed by atoms with Crippen LogP contribution in [0.5, 0.6) is 0 Å². The zero-order valence-electron chi connectivity index (χ0n) is 7.63. The van der Waals surface area contributed by atoms with Gasteiger partial charge in [0.15, 0.2) is 6.29 Å². The highest BCUT2D eigenvalue weighted by atomic mass is 79.9. The molecule has 0 spiro atoms. The van der Waals surface area contributed by atoms with Gasteiger partial charge in [0.05, 0.1) is 9.08 Å². The number of amides is 1. The van der Waals surface area contributed by atoms with Crippen molar-refractivity contribution in [1.82, 2.24) is 10.3 Å². The van der Waals surface area contributed by atoms with Crippen LogP contribution in [-0.2, 0) is 0 Å². The molecule has 7 heteroatoms. The van der Waals surface area contributed by atoms with Crippen molar-refractivity contribution < 1.29 is 15.0 Å². The number of halogens is 2. The average Bonchev–Trinajstić information content (AvgIpc) is 2.46. The van der Waals surface area contributed by atoms with E-state index in [2.05, 4.69) is 42.2 Å². The van der Waals surface area contributed by atoms with E-state index in [9.17, 15) is 4.79 Å². The van der Waals surface area contributed by atoms with Crippen molar-refractivity contribution in [1.29, 1.82) is 0 Å². The number of carbonyl (C=O) groups is 1. The summed E-state index contributed by atoms with van der Waals surface area (Å²) in [6, 6.07) is 1.63. The molecular weight excluding hydrogens is 332 g/mol. The van der Waals surface area contributed by atoms with Crippen LogP contribution in [0.25, 0.3) is 0 Å². The third kappa shape index (κ3) is 3.94. The topological polar surface area (TPSA) is 85.3 Å². The van der Waals surface area contributed by atoms with Crippen molar-refractivity contribution in [3.05, 3.63) is 20.8 Å². The van der Waals surface area contributed by atoms with Crippen LogP contribution in [0.2, 0.25) is 0 Å². The maximum absolute atomic E-state index is 11.4. The molecule has 1 amide bonds. The number of aromatic nitrogens is 1. The molecule has 1 aromatic heterocycles. The van der Waals surface area contributed by atoms with E-state index >= 15 is 0 Å². The quantitative estimate of drug-likeness (QED) is 0.616. The Hall–Kier alpha value is -0.370. The van der Waals surface area contributed by atoms with Crippen molar-refractivity contribution in [2.45, 2.75) is 12.7 Å². The first-order valence-electron chi connectivity index (χ1n) is 4.19. The molecule has 0 aliphatic carbocycles. The summed E-state index contributed by atoms with van der Waals surface area (Å²) in [6.45, 7) is 0.213. The van der Waals surface area contributed by atoms with Crippen LogP contribution in [0.3, 0.4) is 0 Å². The molecule has 1 aromatic rings. The summed E-state index contributed by atoms with van der Waals surface area (Å²) in [5.74, 6) is -0.290. The minimum absolute atomic E-state index is 0.106. The molecule has 4 N–H and O–H groups in total. The van der Waals surface area contributed by atoms with Crippen LogP contribution in [0.4, 0.5) is 0 Å². The first-order chi connectivity index (χ1) is 7.00. The van der Waals surface area contributed by atoms with Crippen molar-refractivity contribution >= 4 is 37.8 Å². The van der Waals surface area contributed by atoms with Crippen LogP contribution in [0.1, 0.15) is 16.9 Å². The smallest absolute Gasteiger partial charge is 0.267 e. The van der Waals surface area contributed by atoms with Gasteiger partial charge in [-0.1, -0.05) is 0 Å². The largest absolute Gasteiger partial charge is 0.368 e. The Morgan fingerprint density at radius 3 is 2.67 bits per heavy atom. The average molecular weight is 342 g/mol. The van der Waals surface area contributed by atoms with Gasteiger partial charge in [0.1, 0.15) is 5.69 Å². The SMILES string of the molecule is O=C(NCCC(O)O)c1cc(Br)c(Br)[nH]1. The Balaban J connectivity index is 2.47. The van der Waals surface area contributed by atoms with Crippen LogP contribution in [-0.4, -0.2) is 33.9 Å². The fraction of sp³-hybridized carbons (Fsp3) is 0.375. The van der Waals surface area contributed by atoms with Gasteiger partial charge in [-0.05, 0) is 37.9 Å². The molecule has 0 aliphatic heterocycles. The molecule has 5 nitrogen and oxygen atoms in total. The van der Waals surface area contributed by atoms with E-state index < -0.39 is 6.29 Å². The Bertz CT molecular complexity index is 332. The standard InChI is InChI=1S/C8H10Br2N2O3/c9-4-3-5(12-7(4)10)8(15)11-2-1-6(13)14/h3,6,12-14H,1-2H2,(H,11,15). The predicted molar refractivity (Wildman–Crippen MR) is 61.4 cm³/mol. The molecular formula is C8H10Br2N2O3. The summed E-state index contributed by atoms with van der Waals surface area (Å²) < 4.78 is 1.45. The van der Waals surface area contributed by atoms with Gasteiger partial charge in [0.25, 0.3) is 5.91 Å². The van der Waals surface area contributed by atoms with E-state index in [-0.39, 0.29) is 18.9 Å². The summed E-state index contributed by atoms with van der Waals surface area (Å²) >= 11 is 6.45. The molecule has 0 aliphatic rings. The number of aliphatic hydroxyl groups is 2. The van der Waals surface area contributed by atoms with Crippen molar-refractivity contribution in [2.75, 3.05) is 6.54 Å². The molecule has 0 bridgehead atoms. The number of aromatic amines is 1. The second kappa shape index (κ2) is 5.64. The number of hydrogen-bond donors (Lipinski definition) is 4. The molecule has 1 heterocycles. The monoisotopic (exact) mass is 340 g/mol. The van der Waals surface area contributed by atoms with Gasteiger partial charge in [0, 0.05) is 13.0 Å². The van der Waals surface area contributed by atoms with Crippen LogP contribution >= 0.6 is 31.9 Å². The maximum atomic E-state index is 11.4. The van der Waals surface area contributed by atoms with E-state index in [1.54, 1.807) is 6.07 Å². The van der Waals surface area contributed by atoms with Gasteiger partial charge in [-0.2, -0.15) is 0 Å². The normalized spacial score (nSPS) is 10.7. The number of H-pyrrole nitrogens is 1. The molecule has 84 valence electrons. The van der Waals surface area contributed by atoms with Gasteiger partial charge in [0.2, 0.25) is 0 Å². The Morgan fingerprint density at radius 1 is 1.53 bits per heavy atom. The number of aliphatic hydroxyl groups excluding tert-OH is 1. The molecule has 0 aromatic carbocycles. The highest BCUT2D eigenvalue weighted by molar-refractivity contribution is 9.13. The van der Waals surface area contributed by atoms with E-state index in [0.29, 0.717) is 10.3 Å². The number of hydrogen-bond acceptors (Lipinski definition) is 3. The summed E-state index contributed by atoms with van der Waals surface area (Å²) in [5.41, 5.74) is 0.404. The Kier molecular flexibility index (Phi) is 4.78. The van der Waals surface area contributed by atoms with E-state index in [4.69, 9.17) is 10.2 Å².